The second kappa shape index (κ2) is 4.26. The fourth-order valence-corrected chi connectivity index (χ4v) is 2.20. The molecule has 1 heterocycles. The molecule has 0 bridgehead atoms. The van der Waals surface area contributed by atoms with Crippen molar-refractivity contribution in [3.63, 3.8) is 0 Å². The second-order valence-electron chi connectivity index (χ2n) is 2.39. The standard InChI is InChI=1S/C6H2BrClF3NO2S/c7-3-2(5(10)11)1-12-6(4(3)9)15(8,13)14/h1,5H. The number of rotatable bonds is 2. The van der Waals surface area contributed by atoms with Gasteiger partial charge in [-0.2, -0.15) is 0 Å². The van der Waals surface area contributed by atoms with Gasteiger partial charge in [-0.05, 0) is 15.9 Å². The molecule has 1 rings (SSSR count). The zero-order chi connectivity index (χ0) is 11.8. The molecular weight excluding hydrogens is 322 g/mol. The summed E-state index contributed by atoms with van der Waals surface area (Å²) >= 11 is 2.51. The minimum absolute atomic E-state index is 0.549. The van der Waals surface area contributed by atoms with Crippen LogP contribution in [0.15, 0.2) is 15.7 Å². The van der Waals surface area contributed by atoms with Crippen LogP contribution in [-0.4, -0.2) is 13.4 Å². The summed E-state index contributed by atoms with van der Waals surface area (Å²) in [6.45, 7) is 0. The summed E-state index contributed by atoms with van der Waals surface area (Å²) in [4.78, 5) is 3.03. The Kier molecular flexibility index (Phi) is 3.62. The average Bonchev–Trinajstić information content (AvgIpc) is 2.06. The Hall–Kier alpha value is -0.340. The molecule has 0 radical (unpaired) electrons. The van der Waals surface area contributed by atoms with Crippen LogP contribution >= 0.6 is 26.6 Å². The molecule has 0 amide bonds. The highest BCUT2D eigenvalue weighted by Crippen LogP contribution is 2.31. The van der Waals surface area contributed by atoms with Gasteiger partial charge in [0.05, 0.1) is 10.0 Å². The number of nitrogens with zero attached hydrogens (tertiary/aromatic N) is 1. The Morgan fingerprint density at radius 1 is 1.47 bits per heavy atom. The monoisotopic (exact) mass is 323 g/mol. The molecule has 84 valence electrons. The summed E-state index contributed by atoms with van der Waals surface area (Å²) in [7, 11) is 0.442. The Bertz CT molecular complexity index is 493. The summed E-state index contributed by atoms with van der Waals surface area (Å²) < 4.78 is 58.5. The molecule has 0 spiro atoms. The van der Waals surface area contributed by atoms with Gasteiger partial charge in [-0.3, -0.25) is 0 Å². The Morgan fingerprint density at radius 2 is 2.00 bits per heavy atom. The van der Waals surface area contributed by atoms with Crippen LogP contribution in [0.2, 0.25) is 0 Å². The van der Waals surface area contributed by atoms with E-state index in [0.717, 1.165) is 0 Å². The maximum Gasteiger partial charge on any atom is 0.281 e. The van der Waals surface area contributed by atoms with E-state index in [4.69, 9.17) is 10.7 Å². The molecule has 1 aromatic heterocycles. The Balaban J connectivity index is 3.48. The summed E-state index contributed by atoms with van der Waals surface area (Å²) in [6.07, 6.45) is -2.42. The molecule has 15 heavy (non-hydrogen) atoms. The fourth-order valence-electron chi connectivity index (χ4n) is 0.784. The van der Waals surface area contributed by atoms with Crippen LogP contribution in [0.3, 0.4) is 0 Å². The van der Waals surface area contributed by atoms with Gasteiger partial charge < -0.3 is 0 Å². The third-order valence-corrected chi connectivity index (χ3v) is 3.41. The van der Waals surface area contributed by atoms with Crippen molar-refractivity contribution in [3.05, 3.63) is 22.1 Å². The molecule has 0 saturated heterocycles. The van der Waals surface area contributed by atoms with Gasteiger partial charge in [-0.25, -0.2) is 26.6 Å². The van der Waals surface area contributed by atoms with Gasteiger partial charge in [0.2, 0.25) is 5.03 Å². The highest BCUT2D eigenvalue weighted by atomic mass is 79.9. The fraction of sp³-hybridized carbons (Fsp3) is 0.167. The first-order valence-electron chi connectivity index (χ1n) is 3.32. The van der Waals surface area contributed by atoms with Crippen molar-refractivity contribution in [1.29, 1.82) is 0 Å². The van der Waals surface area contributed by atoms with Crippen molar-refractivity contribution in [1.82, 2.24) is 4.98 Å². The summed E-state index contributed by atoms with van der Waals surface area (Å²) in [5.74, 6) is -1.43. The lowest BCUT2D eigenvalue weighted by atomic mass is 10.3. The molecule has 0 atom stereocenters. The number of halogens is 5. The molecule has 0 saturated carbocycles. The quantitative estimate of drug-likeness (QED) is 0.786. The van der Waals surface area contributed by atoms with E-state index >= 15 is 0 Å². The largest absolute Gasteiger partial charge is 0.281 e. The van der Waals surface area contributed by atoms with Gasteiger partial charge >= 0.3 is 0 Å². The van der Waals surface area contributed by atoms with Crippen molar-refractivity contribution >= 4 is 35.7 Å². The number of alkyl halides is 2. The van der Waals surface area contributed by atoms with Crippen LogP contribution in [0.1, 0.15) is 12.0 Å². The van der Waals surface area contributed by atoms with Gasteiger partial charge in [0.1, 0.15) is 0 Å². The van der Waals surface area contributed by atoms with Crippen molar-refractivity contribution in [2.75, 3.05) is 0 Å². The summed E-state index contributed by atoms with van der Waals surface area (Å²) in [6, 6.07) is 0. The maximum absolute atomic E-state index is 13.2. The SMILES string of the molecule is O=S(=O)(Cl)c1ncc(C(F)F)c(Br)c1F. The highest BCUT2D eigenvalue weighted by molar-refractivity contribution is 9.10. The Morgan fingerprint density at radius 3 is 2.40 bits per heavy atom. The van der Waals surface area contributed by atoms with Gasteiger partial charge in [0.15, 0.2) is 5.82 Å². The summed E-state index contributed by atoms with van der Waals surface area (Å²) in [5.41, 5.74) is -0.739. The third kappa shape index (κ3) is 2.61. The normalized spacial score (nSPS) is 12.1. The Labute approximate surface area is 95.8 Å². The molecule has 0 aliphatic rings. The molecular formula is C6H2BrClF3NO2S. The average molecular weight is 325 g/mol. The molecule has 0 N–H and O–H groups in total. The van der Waals surface area contributed by atoms with E-state index in [9.17, 15) is 21.6 Å². The zero-order valence-electron chi connectivity index (χ0n) is 6.72. The van der Waals surface area contributed by atoms with Crippen LogP contribution in [0.5, 0.6) is 0 Å². The smallest absolute Gasteiger partial charge is 0.240 e. The molecule has 0 aromatic carbocycles. The van der Waals surface area contributed by atoms with Crippen LogP contribution in [0.25, 0.3) is 0 Å². The lowest BCUT2D eigenvalue weighted by Gasteiger charge is -2.05. The van der Waals surface area contributed by atoms with Gasteiger partial charge in [0, 0.05) is 16.9 Å². The number of aromatic nitrogens is 1. The number of pyridine rings is 1. The van der Waals surface area contributed by atoms with Crippen molar-refractivity contribution < 1.29 is 21.6 Å². The van der Waals surface area contributed by atoms with E-state index in [1.54, 1.807) is 0 Å². The van der Waals surface area contributed by atoms with E-state index in [-0.39, 0.29) is 0 Å². The number of hydrogen-bond donors (Lipinski definition) is 0. The van der Waals surface area contributed by atoms with E-state index in [2.05, 4.69) is 20.9 Å². The van der Waals surface area contributed by atoms with Crippen molar-refractivity contribution in [2.24, 2.45) is 0 Å². The van der Waals surface area contributed by atoms with Crippen molar-refractivity contribution in [3.8, 4) is 0 Å². The molecule has 1 aromatic rings. The second-order valence-corrected chi connectivity index (χ2v) is 5.66. The molecule has 0 unspecified atom stereocenters. The van der Waals surface area contributed by atoms with E-state index < -0.39 is 36.4 Å². The van der Waals surface area contributed by atoms with Crippen LogP contribution in [0.4, 0.5) is 13.2 Å². The lowest BCUT2D eigenvalue weighted by molar-refractivity contribution is 0.149. The topological polar surface area (TPSA) is 47.0 Å². The molecule has 0 fully saturated rings. The predicted molar refractivity (Wildman–Crippen MR) is 49.9 cm³/mol. The van der Waals surface area contributed by atoms with E-state index in [0.29, 0.717) is 6.20 Å². The van der Waals surface area contributed by atoms with Gasteiger partial charge in [-0.1, -0.05) is 0 Å². The van der Waals surface area contributed by atoms with Gasteiger partial charge in [-0.15, -0.1) is 0 Å². The predicted octanol–water partition coefficient (Wildman–Crippen LogP) is 2.85. The van der Waals surface area contributed by atoms with E-state index in [1.165, 1.54) is 0 Å². The minimum Gasteiger partial charge on any atom is -0.240 e. The zero-order valence-corrected chi connectivity index (χ0v) is 9.87. The molecule has 0 aliphatic carbocycles. The van der Waals surface area contributed by atoms with Crippen LogP contribution in [0, 0.1) is 5.82 Å². The van der Waals surface area contributed by atoms with Crippen LogP contribution < -0.4 is 0 Å². The van der Waals surface area contributed by atoms with Gasteiger partial charge in [0.25, 0.3) is 15.5 Å². The van der Waals surface area contributed by atoms with E-state index in [1.807, 2.05) is 0 Å². The number of hydrogen-bond acceptors (Lipinski definition) is 3. The minimum atomic E-state index is -4.39. The molecule has 9 heteroatoms. The lowest BCUT2D eigenvalue weighted by Crippen LogP contribution is -2.03. The molecule has 0 aliphatic heterocycles. The maximum atomic E-state index is 13.2. The highest BCUT2D eigenvalue weighted by Gasteiger charge is 2.25. The first-order valence-corrected chi connectivity index (χ1v) is 6.42. The first-order chi connectivity index (χ1) is 6.75. The first kappa shape index (κ1) is 12.7. The van der Waals surface area contributed by atoms with Crippen molar-refractivity contribution in [2.45, 2.75) is 11.5 Å². The molecule has 3 nitrogen and oxygen atoms in total. The third-order valence-electron chi connectivity index (χ3n) is 1.42. The van der Waals surface area contributed by atoms with Crippen LogP contribution in [-0.2, 0) is 9.05 Å². The summed E-state index contributed by atoms with van der Waals surface area (Å²) in [5, 5.41) is -1.08.